The first-order chi connectivity index (χ1) is 13.5. The van der Waals surface area contributed by atoms with Gasteiger partial charge in [0.25, 0.3) is 11.7 Å². The topological polar surface area (TPSA) is 83.0 Å². The van der Waals surface area contributed by atoms with Crippen LogP contribution in [-0.4, -0.2) is 65.9 Å². The first-order valence-corrected chi connectivity index (χ1v) is 8.92. The predicted molar refractivity (Wildman–Crippen MR) is 105 cm³/mol. The lowest BCUT2D eigenvalue weighted by molar-refractivity contribution is -0.140. The molecule has 1 amide bonds. The zero-order valence-electron chi connectivity index (χ0n) is 16.1. The van der Waals surface area contributed by atoms with Crippen LogP contribution in [-0.2, 0) is 9.59 Å². The molecular weight excluding hydrogens is 358 g/mol. The van der Waals surface area contributed by atoms with Gasteiger partial charge in [0.1, 0.15) is 11.5 Å². The van der Waals surface area contributed by atoms with Crippen molar-refractivity contribution < 1.29 is 19.4 Å². The molecule has 1 fully saturated rings. The molecule has 1 aliphatic heterocycles. The molecule has 2 aromatic rings. The summed E-state index contributed by atoms with van der Waals surface area (Å²) in [5, 5.41) is 11.0. The molecule has 1 aromatic carbocycles. The fraction of sp³-hybridized carbons (Fsp3) is 0.286. The third-order valence-corrected chi connectivity index (χ3v) is 4.71. The van der Waals surface area contributed by atoms with Gasteiger partial charge in [0.05, 0.1) is 24.3 Å². The summed E-state index contributed by atoms with van der Waals surface area (Å²) in [4.78, 5) is 33.1. The zero-order valence-corrected chi connectivity index (χ0v) is 16.1. The van der Waals surface area contributed by atoms with E-state index in [-0.39, 0.29) is 11.3 Å². The van der Waals surface area contributed by atoms with Gasteiger partial charge in [0.2, 0.25) is 0 Å². The van der Waals surface area contributed by atoms with Crippen LogP contribution in [0.2, 0.25) is 0 Å². The average molecular weight is 381 g/mol. The van der Waals surface area contributed by atoms with Crippen LogP contribution < -0.4 is 4.74 Å². The van der Waals surface area contributed by atoms with E-state index in [1.165, 1.54) is 12.0 Å². The van der Waals surface area contributed by atoms with Gasteiger partial charge >= 0.3 is 0 Å². The van der Waals surface area contributed by atoms with E-state index < -0.39 is 17.7 Å². The number of methoxy groups -OCH3 is 1. The highest BCUT2D eigenvalue weighted by Crippen LogP contribution is 2.40. The van der Waals surface area contributed by atoms with Crippen LogP contribution in [0.4, 0.5) is 0 Å². The van der Waals surface area contributed by atoms with Crippen molar-refractivity contribution in [3.63, 3.8) is 0 Å². The van der Waals surface area contributed by atoms with Gasteiger partial charge in [-0.2, -0.15) is 0 Å². The Balaban J connectivity index is 2.16. The molecule has 0 spiro atoms. The lowest BCUT2D eigenvalue weighted by Gasteiger charge is -2.26. The van der Waals surface area contributed by atoms with E-state index in [9.17, 15) is 14.7 Å². The van der Waals surface area contributed by atoms with Crippen LogP contribution in [0.1, 0.15) is 17.2 Å². The molecule has 1 atom stereocenters. The Bertz CT molecular complexity index is 909. The number of hydrogen-bond acceptors (Lipinski definition) is 6. The molecule has 1 aromatic heterocycles. The summed E-state index contributed by atoms with van der Waals surface area (Å²) >= 11 is 0. The van der Waals surface area contributed by atoms with Crippen molar-refractivity contribution in [2.24, 2.45) is 0 Å². The number of carbonyl (C=O) groups excluding carboxylic acids is 2. The summed E-state index contributed by atoms with van der Waals surface area (Å²) < 4.78 is 5.31. The van der Waals surface area contributed by atoms with Gasteiger partial charge in [-0.05, 0) is 43.9 Å². The summed E-state index contributed by atoms with van der Waals surface area (Å²) in [5.74, 6) is -1.15. The number of aliphatic hydroxyl groups excluding tert-OH is 1. The highest BCUT2D eigenvalue weighted by atomic mass is 16.5. The van der Waals surface area contributed by atoms with E-state index in [1.807, 2.05) is 19.0 Å². The molecule has 146 valence electrons. The standard InChI is InChI=1S/C21H23N3O4/c1-23(2)12-13-24-18(14-8-10-22-11-9-14)17(20(26)21(24)27)19(25)15-6-4-5-7-16(15)28-3/h4-11,18,25H,12-13H2,1-3H3/b19-17-. The number of amides is 1. The number of aliphatic hydroxyl groups is 1. The van der Waals surface area contributed by atoms with Gasteiger partial charge in [0.15, 0.2) is 0 Å². The Hall–Kier alpha value is -3.19. The maximum absolute atomic E-state index is 12.9. The van der Waals surface area contributed by atoms with E-state index in [4.69, 9.17) is 4.74 Å². The van der Waals surface area contributed by atoms with Crippen molar-refractivity contribution in [1.82, 2.24) is 14.8 Å². The fourth-order valence-electron chi connectivity index (χ4n) is 3.30. The minimum atomic E-state index is -0.705. The van der Waals surface area contributed by atoms with E-state index in [0.717, 1.165) is 0 Å². The van der Waals surface area contributed by atoms with Crippen molar-refractivity contribution in [1.29, 1.82) is 0 Å². The number of nitrogens with zero attached hydrogens (tertiary/aromatic N) is 3. The van der Waals surface area contributed by atoms with Crippen molar-refractivity contribution in [3.8, 4) is 5.75 Å². The van der Waals surface area contributed by atoms with Gasteiger partial charge in [-0.15, -0.1) is 0 Å². The summed E-state index contributed by atoms with van der Waals surface area (Å²) in [6.07, 6.45) is 3.20. The smallest absolute Gasteiger partial charge is 0.295 e. The molecule has 7 nitrogen and oxygen atoms in total. The van der Waals surface area contributed by atoms with Crippen LogP contribution in [0.25, 0.3) is 5.76 Å². The molecule has 0 radical (unpaired) electrons. The number of ether oxygens (including phenoxy) is 1. The van der Waals surface area contributed by atoms with Gasteiger partial charge < -0.3 is 19.6 Å². The van der Waals surface area contributed by atoms with Crippen LogP contribution in [0, 0.1) is 0 Å². The SMILES string of the molecule is COc1ccccc1/C(O)=C1/C(=O)C(=O)N(CCN(C)C)C1c1ccncc1. The van der Waals surface area contributed by atoms with Gasteiger partial charge in [0, 0.05) is 25.5 Å². The number of Topliss-reactive ketones (excluding diaryl/α,β-unsaturated/α-hetero) is 1. The molecule has 0 aliphatic carbocycles. The molecule has 2 heterocycles. The van der Waals surface area contributed by atoms with Gasteiger partial charge in [-0.25, -0.2) is 0 Å². The van der Waals surface area contributed by atoms with Crippen LogP contribution in [0.5, 0.6) is 5.75 Å². The number of para-hydroxylation sites is 1. The maximum Gasteiger partial charge on any atom is 0.295 e. The second kappa shape index (κ2) is 8.22. The quantitative estimate of drug-likeness (QED) is 0.469. The molecular formula is C21H23N3O4. The Kier molecular flexibility index (Phi) is 5.75. The van der Waals surface area contributed by atoms with E-state index in [1.54, 1.807) is 48.8 Å². The number of aromatic nitrogens is 1. The molecule has 28 heavy (non-hydrogen) atoms. The summed E-state index contributed by atoms with van der Waals surface area (Å²) in [6, 6.07) is 9.66. The van der Waals surface area contributed by atoms with Crippen LogP contribution >= 0.6 is 0 Å². The molecule has 1 N–H and O–H groups in total. The highest BCUT2D eigenvalue weighted by Gasteiger charge is 2.46. The number of ketones is 1. The number of benzene rings is 1. The first kappa shape index (κ1) is 19.6. The zero-order chi connectivity index (χ0) is 20.3. The summed E-state index contributed by atoms with van der Waals surface area (Å²) in [5.41, 5.74) is 1.14. The molecule has 3 rings (SSSR count). The number of rotatable bonds is 6. The summed E-state index contributed by atoms with van der Waals surface area (Å²) in [6.45, 7) is 0.941. The van der Waals surface area contributed by atoms with Gasteiger partial charge in [-0.3, -0.25) is 14.6 Å². The molecule has 1 unspecified atom stereocenters. The largest absolute Gasteiger partial charge is 0.507 e. The lowest BCUT2D eigenvalue weighted by Crippen LogP contribution is -2.35. The van der Waals surface area contributed by atoms with E-state index in [0.29, 0.717) is 30.0 Å². The van der Waals surface area contributed by atoms with E-state index >= 15 is 0 Å². The van der Waals surface area contributed by atoms with Crippen LogP contribution in [0.3, 0.4) is 0 Å². The Labute approximate surface area is 163 Å². The Morgan fingerprint density at radius 2 is 1.86 bits per heavy atom. The lowest BCUT2D eigenvalue weighted by atomic mass is 9.95. The average Bonchev–Trinajstić information content (AvgIpc) is 2.97. The number of pyridine rings is 1. The predicted octanol–water partition coefficient (Wildman–Crippen LogP) is 2.07. The minimum absolute atomic E-state index is 0.0551. The van der Waals surface area contributed by atoms with Crippen molar-refractivity contribution >= 4 is 17.4 Å². The fourth-order valence-corrected chi connectivity index (χ4v) is 3.30. The molecule has 0 saturated carbocycles. The first-order valence-electron chi connectivity index (χ1n) is 8.92. The Morgan fingerprint density at radius 3 is 2.50 bits per heavy atom. The third kappa shape index (κ3) is 3.61. The molecule has 1 aliphatic rings. The van der Waals surface area contributed by atoms with Crippen molar-refractivity contribution in [3.05, 3.63) is 65.5 Å². The maximum atomic E-state index is 12.9. The van der Waals surface area contributed by atoms with Crippen LogP contribution in [0.15, 0.2) is 54.4 Å². The van der Waals surface area contributed by atoms with Gasteiger partial charge in [-0.1, -0.05) is 12.1 Å². The third-order valence-electron chi connectivity index (χ3n) is 4.71. The normalized spacial score (nSPS) is 18.7. The molecule has 0 bridgehead atoms. The second-order valence-electron chi connectivity index (χ2n) is 6.78. The second-order valence-corrected chi connectivity index (χ2v) is 6.78. The number of likely N-dealkylation sites (N-methyl/N-ethyl adjacent to an activating group) is 1. The number of hydrogen-bond donors (Lipinski definition) is 1. The minimum Gasteiger partial charge on any atom is -0.507 e. The number of likely N-dealkylation sites (tertiary alicyclic amines) is 1. The molecule has 7 heteroatoms. The summed E-state index contributed by atoms with van der Waals surface area (Å²) in [7, 11) is 5.28. The van der Waals surface area contributed by atoms with E-state index in [2.05, 4.69) is 4.98 Å². The van der Waals surface area contributed by atoms with Crippen molar-refractivity contribution in [2.45, 2.75) is 6.04 Å². The molecule has 1 saturated heterocycles. The highest BCUT2D eigenvalue weighted by molar-refractivity contribution is 6.46. The number of carbonyl (C=O) groups is 2. The van der Waals surface area contributed by atoms with Crippen molar-refractivity contribution in [2.75, 3.05) is 34.3 Å². The Morgan fingerprint density at radius 1 is 1.18 bits per heavy atom. The monoisotopic (exact) mass is 381 g/mol.